The fourth-order valence-corrected chi connectivity index (χ4v) is 2.28. The fraction of sp³-hybridized carbons (Fsp3) is 0.571. The van der Waals surface area contributed by atoms with Gasteiger partial charge in [-0.15, -0.1) is 0 Å². The Hall–Kier alpha value is -0.780. The third kappa shape index (κ3) is 2.60. The molecule has 0 N–H and O–H groups in total. The van der Waals surface area contributed by atoms with E-state index in [4.69, 9.17) is 0 Å². The highest BCUT2D eigenvalue weighted by molar-refractivity contribution is 5.29. The minimum absolute atomic E-state index is 0. The molecule has 1 aromatic rings. The van der Waals surface area contributed by atoms with Gasteiger partial charge in [-0.3, -0.25) is 0 Å². The van der Waals surface area contributed by atoms with Gasteiger partial charge in [0.1, 0.15) is 0 Å². The van der Waals surface area contributed by atoms with E-state index in [9.17, 15) is 0 Å². The Morgan fingerprint density at radius 2 is 1.57 bits per heavy atom. The number of benzene rings is 1. The summed E-state index contributed by atoms with van der Waals surface area (Å²) in [5.74, 6) is 0.867. The molecule has 0 spiro atoms. The zero-order chi connectivity index (χ0) is 8.39. The van der Waals surface area contributed by atoms with Crippen molar-refractivity contribution >= 4 is 0 Å². The Balaban J connectivity index is 0.000000845. The molecule has 0 heterocycles. The van der Waals surface area contributed by atoms with Gasteiger partial charge in [0.2, 0.25) is 0 Å². The van der Waals surface area contributed by atoms with Gasteiger partial charge in [0.05, 0.1) is 0 Å². The van der Waals surface area contributed by atoms with Gasteiger partial charge in [0.15, 0.2) is 0 Å². The van der Waals surface area contributed by atoms with Crippen LogP contribution >= 0.6 is 0 Å². The summed E-state index contributed by atoms with van der Waals surface area (Å²) in [4.78, 5) is 0. The van der Waals surface area contributed by atoms with Crippen molar-refractivity contribution < 1.29 is 0 Å². The van der Waals surface area contributed by atoms with E-state index in [0.29, 0.717) is 0 Å². The molecule has 0 amide bonds. The smallest absolute Gasteiger partial charge is 0.0159 e. The van der Waals surface area contributed by atoms with Crippen LogP contribution in [0.25, 0.3) is 0 Å². The van der Waals surface area contributed by atoms with E-state index in [1.807, 2.05) is 0 Å². The topological polar surface area (TPSA) is 0 Å². The predicted octanol–water partition coefficient (Wildman–Crippen LogP) is 4.92. The molecule has 1 fully saturated rings. The predicted molar refractivity (Wildman–Crippen MR) is 65.9 cm³/mol. The molecule has 0 unspecified atom stereocenters. The lowest BCUT2D eigenvalue weighted by Crippen LogP contribution is -1.94. The molecule has 14 heavy (non-hydrogen) atoms. The molecule has 0 aromatic heterocycles. The highest BCUT2D eigenvalue weighted by Crippen LogP contribution is 2.35. The van der Waals surface area contributed by atoms with Gasteiger partial charge in [0.25, 0.3) is 0 Å². The van der Waals surface area contributed by atoms with Gasteiger partial charge < -0.3 is 0 Å². The zero-order valence-electron chi connectivity index (χ0n) is 7.72. The molecule has 80 valence electrons. The maximum Gasteiger partial charge on any atom is -0.0159 e. The Labute approximate surface area is 89.4 Å². The molecule has 1 saturated carbocycles. The van der Waals surface area contributed by atoms with Gasteiger partial charge in [-0.25, -0.2) is 0 Å². The summed E-state index contributed by atoms with van der Waals surface area (Å²) in [6.45, 7) is 2.23. The summed E-state index contributed by atoms with van der Waals surface area (Å²) in [7, 11) is 0. The standard InChI is InChI=1S/C12H16.2CH4/c1-10-6-2-5-9-12(10)11-7-3-4-8-11;;/h2,5-6,9,11H,3-4,7-8H2,1H3;2*1H4. The average Bonchev–Trinajstić information content (AvgIpc) is 2.57. The molecular weight excluding hydrogens is 168 g/mol. The second-order valence-electron chi connectivity index (χ2n) is 3.84. The maximum atomic E-state index is 2.30. The molecule has 0 atom stereocenters. The molecule has 0 nitrogen and oxygen atoms in total. The molecule has 0 heteroatoms. The van der Waals surface area contributed by atoms with Crippen molar-refractivity contribution in [3.63, 3.8) is 0 Å². The number of hydrogen-bond acceptors (Lipinski definition) is 0. The normalized spacial score (nSPS) is 15.8. The molecule has 1 aromatic carbocycles. The summed E-state index contributed by atoms with van der Waals surface area (Å²) >= 11 is 0. The van der Waals surface area contributed by atoms with Gasteiger partial charge in [0, 0.05) is 0 Å². The lowest BCUT2D eigenvalue weighted by molar-refractivity contribution is 0.718. The van der Waals surface area contributed by atoms with E-state index >= 15 is 0 Å². The highest BCUT2D eigenvalue weighted by Gasteiger charge is 2.17. The Morgan fingerprint density at radius 3 is 2.14 bits per heavy atom. The number of hydrogen-bond donors (Lipinski definition) is 0. The van der Waals surface area contributed by atoms with Crippen LogP contribution in [-0.4, -0.2) is 0 Å². The molecule has 1 aliphatic carbocycles. The molecule has 2 rings (SSSR count). The quantitative estimate of drug-likeness (QED) is 0.592. The van der Waals surface area contributed by atoms with Crippen LogP contribution in [0.2, 0.25) is 0 Å². The highest BCUT2D eigenvalue weighted by atomic mass is 14.2. The van der Waals surface area contributed by atoms with Crippen molar-refractivity contribution in [1.29, 1.82) is 0 Å². The van der Waals surface area contributed by atoms with Crippen molar-refractivity contribution in [3.8, 4) is 0 Å². The van der Waals surface area contributed by atoms with Crippen molar-refractivity contribution in [3.05, 3.63) is 35.4 Å². The van der Waals surface area contributed by atoms with Crippen LogP contribution in [0.15, 0.2) is 24.3 Å². The van der Waals surface area contributed by atoms with Crippen LogP contribution in [0.3, 0.4) is 0 Å². The van der Waals surface area contributed by atoms with E-state index < -0.39 is 0 Å². The van der Waals surface area contributed by atoms with E-state index in [-0.39, 0.29) is 14.9 Å². The van der Waals surface area contributed by atoms with Crippen molar-refractivity contribution in [2.75, 3.05) is 0 Å². The molecule has 0 bridgehead atoms. The second-order valence-corrected chi connectivity index (χ2v) is 3.84. The third-order valence-electron chi connectivity index (χ3n) is 2.98. The van der Waals surface area contributed by atoms with Gasteiger partial charge in [-0.1, -0.05) is 52.0 Å². The van der Waals surface area contributed by atoms with Crippen LogP contribution in [0.1, 0.15) is 57.6 Å². The first-order chi connectivity index (χ1) is 5.88. The second kappa shape index (κ2) is 5.85. The van der Waals surface area contributed by atoms with Crippen LogP contribution < -0.4 is 0 Å². The van der Waals surface area contributed by atoms with Crippen molar-refractivity contribution in [2.24, 2.45) is 0 Å². The number of rotatable bonds is 1. The molecular formula is C14H24. The van der Waals surface area contributed by atoms with Crippen molar-refractivity contribution in [1.82, 2.24) is 0 Å². The van der Waals surface area contributed by atoms with Crippen LogP contribution in [0.5, 0.6) is 0 Å². The minimum atomic E-state index is 0. The van der Waals surface area contributed by atoms with Crippen LogP contribution in [0, 0.1) is 6.92 Å². The van der Waals surface area contributed by atoms with E-state index in [1.165, 1.54) is 31.2 Å². The monoisotopic (exact) mass is 192 g/mol. The Kier molecular flexibility index (Phi) is 5.52. The Bertz CT molecular complexity index is 256. The van der Waals surface area contributed by atoms with Gasteiger partial charge in [-0.2, -0.15) is 0 Å². The van der Waals surface area contributed by atoms with Crippen LogP contribution in [0.4, 0.5) is 0 Å². The first kappa shape index (κ1) is 13.2. The summed E-state index contributed by atoms with van der Waals surface area (Å²) < 4.78 is 0. The van der Waals surface area contributed by atoms with Crippen LogP contribution in [-0.2, 0) is 0 Å². The lowest BCUT2D eigenvalue weighted by atomic mass is 9.94. The summed E-state index contributed by atoms with van der Waals surface area (Å²) in [6, 6.07) is 8.83. The van der Waals surface area contributed by atoms with E-state index in [1.54, 1.807) is 5.56 Å². The van der Waals surface area contributed by atoms with Gasteiger partial charge >= 0.3 is 0 Å². The molecule has 0 radical (unpaired) electrons. The lowest BCUT2D eigenvalue weighted by Gasteiger charge is -2.11. The largest absolute Gasteiger partial charge is 0.0776 e. The summed E-state index contributed by atoms with van der Waals surface area (Å²) in [5.41, 5.74) is 3.07. The van der Waals surface area contributed by atoms with Crippen molar-refractivity contribution in [2.45, 2.75) is 53.4 Å². The molecule has 0 saturated heterocycles. The maximum absolute atomic E-state index is 2.30. The average molecular weight is 192 g/mol. The SMILES string of the molecule is C.C.Cc1ccccc1C1CCCC1. The minimum Gasteiger partial charge on any atom is -0.0776 e. The van der Waals surface area contributed by atoms with E-state index in [2.05, 4.69) is 31.2 Å². The fourth-order valence-electron chi connectivity index (χ4n) is 2.28. The first-order valence-electron chi connectivity index (χ1n) is 4.93. The summed E-state index contributed by atoms with van der Waals surface area (Å²) in [5, 5.41) is 0. The molecule has 0 aliphatic heterocycles. The summed E-state index contributed by atoms with van der Waals surface area (Å²) in [6.07, 6.45) is 5.67. The van der Waals surface area contributed by atoms with E-state index in [0.717, 1.165) is 5.92 Å². The number of aryl methyl sites for hydroxylation is 1. The first-order valence-corrected chi connectivity index (χ1v) is 4.93. The molecule has 1 aliphatic rings. The third-order valence-corrected chi connectivity index (χ3v) is 2.98. The zero-order valence-corrected chi connectivity index (χ0v) is 7.72. The van der Waals surface area contributed by atoms with Gasteiger partial charge in [-0.05, 0) is 36.8 Å². The Morgan fingerprint density at radius 1 is 1.00 bits per heavy atom.